The normalized spacial score (nSPS) is 23.6. The van der Waals surface area contributed by atoms with Gasteiger partial charge in [0, 0.05) is 32.7 Å². The molecular formula is C17H22N2O3. The van der Waals surface area contributed by atoms with Gasteiger partial charge in [0.15, 0.2) is 0 Å². The summed E-state index contributed by atoms with van der Waals surface area (Å²) in [5.74, 6) is 0.341. The van der Waals surface area contributed by atoms with Crippen molar-refractivity contribution in [3.05, 3.63) is 35.9 Å². The van der Waals surface area contributed by atoms with Gasteiger partial charge in [-0.15, -0.1) is 0 Å². The molecule has 2 aliphatic rings. The quantitative estimate of drug-likeness (QED) is 0.911. The Balaban J connectivity index is 1.77. The van der Waals surface area contributed by atoms with Crippen molar-refractivity contribution in [2.24, 2.45) is 5.41 Å². The molecule has 0 aromatic heterocycles. The summed E-state index contributed by atoms with van der Waals surface area (Å²) in [6, 6.07) is 10.2. The minimum atomic E-state index is -0.370. The molecule has 0 radical (unpaired) electrons. The Labute approximate surface area is 130 Å². The van der Waals surface area contributed by atoms with E-state index in [2.05, 4.69) is 17.4 Å². The number of piperidine rings is 1. The maximum absolute atomic E-state index is 12.5. The van der Waals surface area contributed by atoms with E-state index in [0.717, 1.165) is 0 Å². The lowest BCUT2D eigenvalue weighted by atomic mass is 9.68. The summed E-state index contributed by atoms with van der Waals surface area (Å²) >= 11 is 0. The molecule has 2 heterocycles. The second kappa shape index (κ2) is 6.08. The summed E-state index contributed by atoms with van der Waals surface area (Å²) in [5.41, 5.74) is 0.836. The summed E-state index contributed by atoms with van der Waals surface area (Å²) < 4.78 is 4.91. The number of hydrogen-bond acceptors (Lipinski definition) is 3. The molecule has 1 N–H and O–H groups in total. The summed E-state index contributed by atoms with van der Waals surface area (Å²) in [6.07, 6.45) is 1.43. The van der Waals surface area contributed by atoms with Gasteiger partial charge in [0.2, 0.25) is 11.8 Å². The van der Waals surface area contributed by atoms with Crippen LogP contribution < -0.4 is 5.32 Å². The second-order valence-electron chi connectivity index (χ2n) is 6.14. The average Bonchev–Trinajstić information content (AvgIpc) is 2.86. The third-order valence-electron chi connectivity index (χ3n) is 5.06. The number of likely N-dealkylation sites (tertiary alicyclic amines) is 1. The molecule has 3 rings (SSSR count). The first kappa shape index (κ1) is 15.0. The van der Waals surface area contributed by atoms with E-state index < -0.39 is 0 Å². The third-order valence-corrected chi connectivity index (χ3v) is 5.06. The highest BCUT2D eigenvalue weighted by Gasteiger charge is 2.52. The Morgan fingerprint density at radius 2 is 2.00 bits per heavy atom. The molecule has 1 aromatic carbocycles. The molecule has 118 valence electrons. The average molecular weight is 302 g/mol. The summed E-state index contributed by atoms with van der Waals surface area (Å²) in [4.78, 5) is 26.2. The van der Waals surface area contributed by atoms with Crippen LogP contribution in [0.1, 0.15) is 24.3 Å². The minimum absolute atomic E-state index is 0.00650. The molecule has 1 spiro atoms. The van der Waals surface area contributed by atoms with Gasteiger partial charge in [-0.3, -0.25) is 9.59 Å². The number of carbonyl (C=O) groups is 2. The third kappa shape index (κ3) is 2.50. The number of ether oxygens (including phenoxy) is 1. The lowest BCUT2D eigenvalue weighted by molar-refractivity contribution is -0.141. The van der Waals surface area contributed by atoms with Crippen molar-refractivity contribution in [1.29, 1.82) is 0 Å². The van der Waals surface area contributed by atoms with Crippen molar-refractivity contribution in [2.45, 2.75) is 18.8 Å². The van der Waals surface area contributed by atoms with Gasteiger partial charge in [0.05, 0.1) is 5.41 Å². The molecule has 22 heavy (non-hydrogen) atoms. The fourth-order valence-electron chi connectivity index (χ4n) is 3.79. The highest BCUT2D eigenvalue weighted by molar-refractivity contribution is 5.87. The van der Waals surface area contributed by atoms with Crippen molar-refractivity contribution < 1.29 is 14.3 Å². The van der Waals surface area contributed by atoms with Crippen LogP contribution in [-0.4, -0.2) is 50.1 Å². The summed E-state index contributed by atoms with van der Waals surface area (Å²) in [7, 11) is 1.53. The van der Waals surface area contributed by atoms with E-state index in [1.54, 1.807) is 0 Å². The molecule has 0 bridgehead atoms. The maximum atomic E-state index is 12.5. The number of nitrogens with one attached hydrogen (secondary N) is 1. The van der Waals surface area contributed by atoms with E-state index in [1.165, 1.54) is 12.7 Å². The van der Waals surface area contributed by atoms with Gasteiger partial charge < -0.3 is 15.0 Å². The van der Waals surface area contributed by atoms with Gasteiger partial charge in [0.1, 0.15) is 6.61 Å². The van der Waals surface area contributed by atoms with Crippen molar-refractivity contribution in [3.8, 4) is 0 Å². The van der Waals surface area contributed by atoms with Crippen molar-refractivity contribution in [1.82, 2.24) is 10.2 Å². The number of benzene rings is 1. The largest absolute Gasteiger partial charge is 0.375 e. The highest BCUT2D eigenvalue weighted by Crippen LogP contribution is 2.47. The predicted octanol–water partition coefficient (Wildman–Crippen LogP) is 1.16. The number of methoxy groups -OCH3 is 1. The lowest BCUT2D eigenvalue weighted by Crippen LogP contribution is -2.48. The Bertz CT molecular complexity index is 550. The zero-order valence-electron chi connectivity index (χ0n) is 12.9. The molecule has 2 fully saturated rings. The zero-order valence-corrected chi connectivity index (χ0v) is 12.9. The van der Waals surface area contributed by atoms with E-state index in [9.17, 15) is 9.59 Å². The molecular weight excluding hydrogens is 280 g/mol. The van der Waals surface area contributed by atoms with Crippen LogP contribution in [0.5, 0.6) is 0 Å². The van der Waals surface area contributed by atoms with Crippen LogP contribution in [0.25, 0.3) is 0 Å². The molecule has 2 saturated heterocycles. The van der Waals surface area contributed by atoms with Gasteiger partial charge in [0.25, 0.3) is 0 Å². The van der Waals surface area contributed by atoms with Crippen LogP contribution in [0.2, 0.25) is 0 Å². The van der Waals surface area contributed by atoms with Gasteiger partial charge in [-0.05, 0) is 18.4 Å². The molecule has 5 nitrogen and oxygen atoms in total. The van der Waals surface area contributed by atoms with E-state index in [4.69, 9.17) is 4.74 Å². The van der Waals surface area contributed by atoms with Crippen LogP contribution in [0.4, 0.5) is 0 Å². The van der Waals surface area contributed by atoms with Crippen molar-refractivity contribution >= 4 is 11.8 Å². The lowest BCUT2D eigenvalue weighted by Gasteiger charge is -2.41. The fraction of sp³-hybridized carbons (Fsp3) is 0.529. The second-order valence-corrected chi connectivity index (χ2v) is 6.14. The molecule has 1 atom stereocenters. The molecule has 0 aliphatic carbocycles. The minimum Gasteiger partial charge on any atom is -0.375 e. The topological polar surface area (TPSA) is 58.6 Å². The first-order valence-corrected chi connectivity index (χ1v) is 7.77. The maximum Gasteiger partial charge on any atom is 0.248 e. The van der Waals surface area contributed by atoms with Gasteiger partial charge in [-0.25, -0.2) is 0 Å². The number of nitrogens with zero attached hydrogens (tertiary/aromatic N) is 1. The predicted molar refractivity (Wildman–Crippen MR) is 82.3 cm³/mol. The molecule has 2 amide bonds. The monoisotopic (exact) mass is 302 g/mol. The molecule has 0 unspecified atom stereocenters. The first-order valence-electron chi connectivity index (χ1n) is 7.77. The van der Waals surface area contributed by atoms with Gasteiger partial charge in [-0.2, -0.15) is 0 Å². The summed E-state index contributed by atoms with van der Waals surface area (Å²) in [5, 5.41) is 3.03. The Kier molecular flexibility index (Phi) is 4.16. The number of hydrogen-bond donors (Lipinski definition) is 1. The van der Waals surface area contributed by atoms with E-state index in [1.807, 2.05) is 23.1 Å². The first-order chi connectivity index (χ1) is 10.7. The molecule has 0 saturated carbocycles. The Hall–Kier alpha value is -1.88. The van der Waals surface area contributed by atoms with Crippen LogP contribution in [0.15, 0.2) is 30.3 Å². The van der Waals surface area contributed by atoms with Crippen LogP contribution in [0, 0.1) is 5.41 Å². The Morgan fingerprint density at radius 1 is 1.32 bits per heavy atom. The van der Waals surface area contributed by atoms with E-state index >= 15 is 0 Å². The SMILES string of the molecule is COCC(=O)N1CCC2(CC1)C(=O)NC[C@H]2c1ccccc1. The van der Waals surface area contributed by atoms with Crippen molar-refractivity contribution in [2.75, 3.05) is 33.4 Å². The molecule has 5 heteroatoms. The number of amides is 2. The standard InChI is InChI=1S/C17H22N2O3/c1-22-12-15(20)19-9-7-17(8-10-19)14(11-18-16(17)21)13-5-3-2-4-6-13/h2-6,14H,7-12H2,1H3,(H,18,21)/t14-/m0/s1. The highest BCUT2D eigenvalue weighted by atomic mass is 16.5. The summed E-state index contributed by atoms with van der Waals surface area (Å²) in [6.45, 7) is 2.05. The van der Waals surface area contributed by atoms with E-state index in [-0.39, 0.29) is 29.8 Å². The van der Waals surface area contributed by atoms with E-state index in [0.29, 0.717) is 32.5 Å². The smallest absolute Gasteiger partial charge is 0.248 e. The zero-order chi connectivity index (χ0) is 15.6. The van der Waals surface area contributed by atoms with Gasteiger partial charge in [-0.1, -0.05) is 30.3 Å². The number of rotatable bonds is 3. The molecule has 2 aliphatic heterocycles. The molecule has 1 aromatic rings. The number of carbonyl (C=O) groups excluding carboxylic acids is 2. The fourth-order valence-corrected chi connectivity index (χ4v) is 3.79. The van der Waals surface area contributed by atoms with Crippen molar-refractivity contribution in [3.63, 3.8) is 0 Å². The van der Waals surface area contributed by atoms with Crippen LogP contribution in [0.3, 0.4) is 0 Å². The van der Waals surface area contributed by atoms with Gasteiger partial charge >= 0.3 is 0 Å². The Morgan fingerprint density at radius 3 is 2.64 bits per heavy atom. The van der Waals surface area contributed by atoms with Crippen LogP contribution in [-0.2, 0) is 14.3 Å². The van der Waals surface area contributed by atoms with Crippen LogP contribution >= 0.6 is 0 Å².